The molecule has 5 nitrogen and oxygen atoms in total. The topological polar surface area (TPSA) is 53.5 Å². The van der Waals surface area contributed by atoms with Crippen molar-refractivity contribution in [2.75, 3.05) is 26.2 Å². The van der Waals surface area contributed by atoms with E-state index in [0.29, 0.717) is 26.1 Å². The average Bonchev–Trinajstić information content (AvgIpc) is 3.20. The molecular formula is C26H29N3O2S. The summed E-state index contributed by atoms with van der Waals surface area (Å²) in [5.74, 6) is -0.0506. The summed E-state index contributed by atoms with van der Waals surface area (Å²) >= 11 is 1.52. The van der Waals surface area contributed by atoms with E-state index in [-0.39, 0.29) is 17.7 Å². The van der Waals surface area contributed by atoms with Crippen molar-refractivity contribution < 1.29 is 9.59 Å². The quantitative estimate of drug-likeness (QED) is 0.552. The second-order valence-corrected chi connectivity index (χ2v) is 9.61. The highest BCUT2D eigenvalue weighted by Crippen LogP contribution is 2.24. The minimum atomic E-state index is -0.238. The summed E-state index contributed by atoms with van der Waals surface area (Å²) in [4.78, 5) is 36.3. The van der Waals surface area contributed by atoms with Gasteiger partial charge in [0.15, 0.2) is 0 Å². The number of aryl methyl sites for hydroxylation is 1. The lowest BCUT2D eigenvalue weighted by molar-refractivity contribution is -0.134. The number of carbonyl (C=O) groups is 2. The third-order valence-corrected chi connectivity index (χ3v) is 6.89. The molecule has 0 unspecified atom stereocenters. The highest BCUT2D eigenvalue weighted by Gasteiger charge is 2.32. The average molecular weight is 448 g/mol. The lowest BCUT2D eigenvalue weighted by Gasteiger charge is -2.23. The van der Waals surface area contributed by atoms with Crippen LogP contribution in [0.25, 0.3) is 11.1 Å². The Kier molecular flexibility index (Phi) is 7.00. The van der Waals surface area contributed by atoms with Gasteiger partial charge in [-0.1, -0.05) is 37.3 Å². The standard InChI is InChI=1S/C26H29N3O2S/c1-3-13-28-14-15-29(26(31)24-11-6-19(2)32-24)18-23(25(28)30)16-20-7-9-21(10-8-20)22-5-4-12-27-17-22/h4-12,17,23H,3,13-16,18H2,1-2H3/t23-/m0/s1. The largest absolute Gasteiger partial charge is 0.341 e. The maximum atomic E-state index is 13.3. The molecule has 1 aromatic carbocycles. The van der Waals surface area contributed by atoms with Gasteiger partial charge >= 0.3 is 0 Å². The number of hydrogen-bond donors (Lipinski definition) is 0. The number of thiophene rings is 1. The van der Waals surface area contributed by atoms with Gasteiger partial charge in [0, 0.05) is 43.4 Å². The van der Waals surface area contributed by atoms with Crippen molar-refractivity contribution in [1.29, 1.82) is 0 Å². The second-order valence-electron chi connectivity index (χ2n) is 8.33. The van der Waals surface area contributed by atoms with E-state index in [2.05, 4.69) is 36.2 Å². The van der Waals surface area contributed by atoms with Crippen LogP contribution in [0.15, 0.2) is 60.9 Å². The van der Waals surface area contributed by atoms with Gasteiger partial charge in [-0.2, -0.15) is 0 Å². The van der Waals surface area contributed by atoms with Gasteiger partial charge in [0.25, 0.3) is 5.91 Å². The van der Waals surface area contributed by atoms with E-state index >= 15 is 0 Å². The van der Waals surface area contributed by atoms with E-state index in [4.69, 9.17) is 0 Å². The number of pyridine rings is 1. The van der Waals surface area contributed by atoms with E-state index in [1.165, 1.54) is 11.3 Å². The first-order chi connectivity index (χ1) is 15.5. The fraction of sp³-hybridized carbons (Fsp3) is 0.346. The van der Waals surface area contributed by atoms with E-state index in [9.17, 15) is 9.59 Å². The number of hydrogen-bond acceptors (Lipinski definition) is 4. The van der Waals surface area contributed by atoms with Crippen molar-refractivity contribution in [1.82, 2.24) is 14.8 Å². The molecule has 0 N–H and O–H groups in total. The van der Waals surface area contributed by atoms with Crippen LogP contribution in [0, 0.1) is 12.8 Å². The first kappa shape index (κ1) is 22.2. The molecule has 2 aromatic heterocycles. The summed E-state index contributed by atoms with van der Waals surface area (Å²) in [5.41, 5.74) is 3.28. The summed E-state index contributed by atoms with van der Waals surface area (Å²) in [7, 11) is 0. The highest BCUT2D eigenvalue weighted by atomic mass is 32.1. The predicted octanol–water partition coefficient (Wildman–Crippen LogP) is 4.67. The molecule has 1 fully saturated rings. The normalized spacial score (nSPS) is 16.8. The summed E-state index contributed by atoms with van der Waals surface area (Å²) in [6.45, 7) is 6.46. The van der Waals surface area contributed by atoms with Crippen molar-refractivity contribution in [3.05, 3.63) is 76.2 Å². The van der Waals surface area contributed by atoms with Crippen LogP contribution in [0.2, 0.25) is 0 Å². The van der Waals surface area contributed by atoms with Gasteiger partial charge in [-0.25, -0.2) is 0 Å². The summed E-state index contributed by atoms with van der Waals surface area (Å²) < 4.78 is 0. The van der Waals surface area contributed by atoms with Crippen molar-refractivity contribution in [2.45, 2.75) is 26.7 Å². The zero-order valence-electron chi connectivity index (χ0n) is 18.7. The lowest BCUT2D eigenvalue weighted by atomic mass is 9.96. The Morgan fingerprint density at radius 1 is 1.09 bits per heavy atom. The monoisotopic (exact) mass is 447 g/mol. The number of aromatic nitrogens is 1. The Labute approximate surface area is 193 Å². The molecule has 0 aliphatic carbocycles. The first-order valence-electron chi connectivity index (χ1n) is 11.2. The second kappa shape index (κ2) is 10.1. The number of amides is 2. The molecule has 4 rings (SSSR count). The van der Waals surface area contributed by atoms with Crippen LogP contribution in [0.4, 0.5) is 0 Å². The SMILES string of the molecule is CCCN1CCN(C(=O)c2ccc(C)s2)C[C@H](Cc2ccc(-c3cccnc3)cc2)C1=O. The van der Waals surface area contributed by atoms with Crippen molar-refractivity contribution in [3.8, 4) is 11.1 Å². The molecule has 1 atom stereocenters. The van der Waals surface area contributed by atoms with Gasteiger partial charge in [0.05, 0.1) is 10.8 Å². The van der Waals surface area contributed by atoms with Gasteiger partial charge < -0.3 is 9.80 Å². The number of nitrogens with zero attached hydrogens (tertiary/aromatic N) is 3. The van der Waals surface area contributed by atoms with E-state index in [1.807, 2.05) is 47.2 Å². The minimum Gasteiger partial charge on any atom is -0.341 e. The predicted molar refractivity (Wildman–Crippen MR) is 129 cm³/mol. The maximum absolute atomic E-state index is 13.3. The molecule has 3 heterocycles. The first-order valence-corrected chi connectivity index (χ1v) is 12.0. The molecule has 1 aliphatic rings. The Bertz CT molecular complexity index is 1060. The Balaban J connectivity index is 1.53. The molecule has 2 amide bonds. The van der Waals surface area contributed by atoms with E-state index in [1.54, 1.807) is 6.20 Å². The molecule has 3 aromatic rings. The maximum Gasteiger partial charge on any atom is 0.264 e. The Hall–Kier alpha value is -2.99. The molecule has 166 valence electrons. The Morgan fingerprint density at radius 3 is 2.56 bits per heavy atom. The fourth-order valence-electron chi connectivity index (χ4n) is 4.23. The molecule has 0 bridgehead atoms. The van der Waals surface area contributed by atoms with Crippen LogP contribution in [-0.2, 0) is 11.2 Å². The van der Waals surface area contributed by atoms with Gasteiger partial charge in [0.1, 0.15) is 0 Å². The van der Waals surface area contributed by atoms with Crippen molar-refractivity contribution in [2.24, 2.45) is 5.92 Å². The lowest BCUT2D eigenvalue weighted by Crippen LogP contribution is -2.38. The van der Waals surface area contributed by atoms with Gasteiger partial charge in [-0.3, -0.25) is 14.6 Å². The molecule has 32 heavy (non-hydrogen) atoms. The minimum absolute atomic E-state index is 0.0335. The molecule has 0 spiro atoms. The number of benzene rings is 1. The summed E-state index contributed by atoms with van der Waals surface area (Å²) in [6.07, 6.45) is 5.15. The van der Waals surface area contributed by atoms with E-state index < -0.39 is 0 Å². The van der Waals surface area contributed by atoms with Crippen molar-refractivity contribution in [3.63, 3.8) is 0 Å². The van der Waals surface area contributed by atoms with Crippen molar-refractivity contribution >= 4 is 23.2 Å². The molecular weight excluding hydrogens is 418 g/mol. The zero-order valence-corrected chi connectivity index (χ0v) is 19.5. The number of carbonyl (C=O) groups excluding carboxylic acids is 2. The van der Waals surface area contributed by atoms with Crippen LogP contribution < -0.4 is 0 Å². The van der Waals surface area contributed by atoms with Crippen LogP contribution in [0.1, 0.15) is 33.5 Å². The van der Waals surface area contributed by atoms with Gasteiger partial charge in [-0.15, -0.1) is 11.3 Å². The highest BCUT2D eigenvalue weighted by molar-refractivity contribution is 7.13. The zero-order chi connectivity index (χ0) is 22.5. The van der Waals surface area contributed by atoms with E-state index in [0.717, 1.165) is 39.4 Å². The molecule has 6 heteroatoms. The van der Waals surface area contributed by atoms with Gasteiger partial charge in [0.2, 0.25) is 5.91 Å². The summed E-state index contributed by atoms with van der Waals surface area (Å²) in [6, 6.07) is 16.2. The number of rotatable bonds is 6. The Morgan fingerprint density at radius 2 is 1.91 bits per heavy atom. The van der Waals surface area contributed by atoms with Gasteiger partial charge in [-0.05, 0) is 54.7 Å². The van der Waals surface area contributed by atoms with Crippen LogP contribution in [0.5, 0.6) is 0 Å². The van der Waals surface area contributed by atoms with Crippen LogP contribution in [-0.4, -0.2) is 52.8 Å². The molecule has 0 radical (unpaired) electrons. The van der Waals surface area contributed by atoms with Crippen LogP contribution >= 0.6 is 11.3 Å². The molecule has 1 aliphatic heterocycles. The molecule has 0 saturated carbocycles. The third-order valence-electron chi connectivity index (χ3n) is 5.90. The van der Waals surface area contributed by atoms with Crippen LogP contribution in [0.3, 0.4) is 0 Å². The fourth-order valence-corrected chi connectivity index (χ4v) is 5.07. The summed E-state index contributed by atoms with van der Waals surface area (Å²) in [5, 5.41) is 0. The smallest absolute Gasteiger partial charge is 0.264 e. The third kappa shape index (κ3) is 5.07. The molecule has 1 saturated heterocycles.